The number of methoxy groups -OCH3 is 1. The molecule has 1 heterocycles. The zero-order valence-electron chi connectivity index (χ0n) is 18.3. The number of hydrogen-bond acceptors (Lipinski definition) is 7. The molecule has 8 heteroatoms. The van der Waals surface area contributed by atoms with Crippen LogP contribution in [0.1, 0.15) is 22.8 Å². The number of carbonyl (C=O) groups is 2. The molecule has 0 saturated carbocycles. The first kappa shape index (κ1) is 23.6. The number of Topliss-reactive ketones (excluding diaryl/α,β-unsaturated/α-hetero) is 1. The van der Waals surface area contributed by atoms with Gasteiger partial charge in [-0.05, 0) is 48.9 Å². The summed E-state index contributed by atoms with van der Waals surface area (Å²) in [4.78, 5) is 32.1. The fourth-order valence-electron chi connectivity index (χ4n) is 3.34. The lowest BCUT2D eigenvalue weighted by atomic mass is 9.96. The molecular formula is C24H27FN2O5. The minimum atomic E-state index is -1.36. The molecular weight excluding hydrogens is 415 g/mol. The van der Waals surface area contributed by atoms with E-state index in [4.69, 9.17) is 14.2 Å². The van der Waals surface area contributed by atoms with Gasteiger partial charge >= 0.3 is 5.97 Å². The van der Waals surface area contributed by atoms with Gasteiger partial charge in [-0.25, -0.2) is 4.39 Å². The molecule has 32 heavy (non-hydrogen) atoms. The fourth-order valence-corrected chi connectivity index (χ4v) is 3.34. The van der Waals surface area contributed by atoms with E-state index in [-0.39, 0.29) is 12.2 Å². The number of halogens is 1. The second-order valence-electron chi connectivity index (χ2n) is 7.27. The van der Waals surface area contributed by atoms with Gasteiger partial charge in [0.25, 0.3) is 0 Å². The highest BCUT2D eigenvalue weighted by molar-refractivity contribution is 6.18. The minimum absolute atomic E-state index is 0.0958. The molecule has 0 bridgehead atoms. The van der Waals surface area contributed by atoms with Crippen LogP contribution in [-0.2, 0) is 20.8 Å². The Hall–Kier alpha value is -3.10. The van der Waals surface area contributed by atoms with Crippen LogP contribution in [0, 0.1) is 11.7 Å². The van der Waals surface area contributed by atoms with E-state index in [1.54, 1.807) is 44.4 Å². The van der Waals surface area contributed by atoms with Crippen molar-refractivity contribution >= 4 is 23.7 Å². The molecule has 1 aliphatic rings. The van der Waals surface area contributed by atoms with Gasteiger partial charge in [-0.3, -0.25) is 19.5 Å². The Labute approximate surface area is 186 Å². The molecule has 7 nitrogen and oxygen atoms in total. The van der Waals surface area contributed by atoms with E-state index >= 15 is 0 Å². The van der Waals surface area contributed by atoms with E-state index < -0.39 is 23.5 Å². The van der Waals surface area contributed by atoms with Crippen molar-refractivity contribution in [1.82, 2.24) is 4.90 Å². The summed E-state index contributed by atoms with van der Waals surface area (Å²) >= 11 is 0. The maximum absolute atomic E-state index is 14.6. The highest BCUT2D eigenvalue weighted by Gasteiger charge is 2.29. The average molecular weight is 442 g/mol. The predicted octanol–water partition coefficient (Wildman–Crippen LogP) is 3.43. The maximum atomic E-state index is 14.6. The van der Waals surface area contributed by atoms with Gasteiger partial charge in [-0.15, -0.1) is 0 Å². The summed E-state index contributed by atoms with van der Waals surface area (Å²) in [6, 6.07) is 11.2. The lowest BCUT2D eigenvalue weighted by Crippen LogP contribution is -2.35. The van der Waals surface area contributed by atoms with Crippen LogP contribution >= 0.6 is 0 Å². The number of ketones is 1. The third-order valence-corrected chi connectivity index (χ3v) is 5.07. The van der Waals surface area contributed by atoms with Gasteiger partial charge < -0.3 is 14.2 Å². The number of rotatable bonds is 9. The topological polar surface area (TPSA) is 77.4 Å². The number of hydrogen-bond donors (Lipinski definition) is 0. The van der Waals surface area contributed by atoms with Crippen molar-refractivity contribution in [2.24, 2.45) is 10.9 Å². The van der Waals surface area contributed by atoms with E-state index in [2.05, 4.69) is 9.89 Å². The van der Waals surface area contributed by atoms with Gasteiger partial charge in [0, 0.05) is 25.8 Å². The fraction of sp³-hybridized carbons (Fsp3) is 0.375. The number of benzene rings is 2. The van der Waals surface area contributed by atoms with Gasteiger partial charge in [0.05, 0.1) is 38.2 Å². The number of esters is 1. The largest absolute Gasteiger partial charge is 0.497 e. The van der Waals surface area contributed by atoms with Crippen LogP contribution in [0.3, 0.4) is 0 Å². The molecule has 1 fully saturated rings. The average Bonchev–Trinajstić information content (AvgIpc) is 2.81. The number of carbonyl (C=O) groups excluding carboxylic acids is 2. The highest BCUT2D eigenvalue weighted by Crippen LogP contribution is 2.20. The predicted molar refractivity (Wildman–Crippen MR) is 118 cm³/mol. The molecule has 0 aliphatic carbocycles. The normalized spacial score (nSPS) is 15.5. The van der Waals surface area contributed by atoms with Crippen LogP contribution in [0.5, 0.6) is 5.75 Å². The van der Waals surface area contributed by atoms with Crippen LogP contribution in [0.2, 0.25) is 0 Å². The van der Waals surface area contributed by atoms with Crippen molar-refractivity contribution in [2.75, 3.05) is 40.0 Å². The molecule has 1 saturated heterocycles. The van der Waals surface area contributed by atoms with Crippen molar-refractivity contribution in [2.45, 2.75) is 13.5 Å². The van der Waals surface area contributed by atoms with E-state index in [0.717, 1.165) is 18.7 Å². The van der Waals surface area contributed by atoms with E-state index in [1.165, 1.54) is 18.3 Å². The summed E-state index contributed by atoms with van der Waals surface area (Å²) in [6.07, 6.45) is 1.20. The monoisotopic (exact) mass is 442 g/mol. The summed E-state index contributed by atoms with van der Waals surface area (Å²) in [6.45, 7) is 5.11. The molecule has 0 spiro atoms. The third kappa shape index (κ3) is 6.21. The molecule has 0 N–H and O–H groups in total. The molecule has 0 amide bonds. The molecule has 1 atom stereocenters. The molecule has 170 valence electrons. The van der Waals surface area contributed by atoms with E-state index in [1.807, 2.05) is 0 Å². The Balaban J connectivity index is 1.83. The number of aliphatic imine (C=N–C) groups is 1. The van der Waals surface area contributed by atoms with Crippen LogP contribution in [0.25, 0.3) is 0 Å². The van der Waals surface area contributed by atoms with Gasteiger partial charge in [0.15, 0.2) is 11.7 Å². The summed E-state index contributed by atoms with van der Waals surface area (Å²) in [5.41, 5.74) is 1.15. The molecule has 2 aromatic carbocycles. The lowest BCUT2D eigenvalue weighted by molar-refractivity contribution is -0.143. The molecule has 1 aliphatic heterocycles. The van der Waals surface area contributed by atoms with Gasteiger partial charge in [-0.2, -0.15) is 0 Å². The quantitative estimate of drug-likeness (QED) is 0.256. The summed E-state index contributed by atoms with van der Waals surface area (Å²) < 4.78 is 30.1. The first-order valence-corrected chi connectivity index (χ1v) is 10.5. The van der Waals surface area contributed by atoms with Gasteiger partial charge in [0.2, 0.25) is 0 Å². The molecule has 2 aromatic rings. The molecule has 3 rings (SSSR count). The van der Waals surface area contributed by atoms with Crippen molar-refractivity contribution in [3.8, 4) is 5.75 Å². The third-order valence-electron chi connectivity index (χ3n) is 5.07. The zero-order valence-corrected chi connectivity index (χ0v) is 18.3. The van der Waals surface area contributed by atoms with Gasteiger partial charge in [0.1, 0.15) is 11.6 Å². The van der Waals surface area contributed by atoms with Crippen LogP contribution in [0.15, 0.2) is 47.5 Å². The van der Waals surface area contributed by atoms with Gasteiger partial charge in [-0.1, -0.05) is 6.07 Å². The SMILES string of the molecule is CCOC(=O)C(C=Nc1ccc(OC)cc1)C(=O)c1cc(CN2CCOCC2)ccc1F. The molecule has 0 radical (unpaired) electrons. The number of morpholine rings is 1. The van der Waals surface area contributed by atoms with Crippen molar-refractivity contribution < 1.29 is 28.2 Å². The molecule has 1 unspecified atom stereocenters. The minimum Gasteiger partial charge on any atom is -0.497 e. The molecule has 0 aromatic heterocycles. The van der Waals surface area contributed by atoms with Crippen molar-refractivity contribution in [3.05, 3.63) is 59.4 Å². The first-order valence-electron chi connectivity index (χ1n) is 10.5. The Morgan fingerprint density at radius 2 is 1.91 bits per heavy atom. The van der Waals surface area contributed by atoms with Crippen LogP contribution in [-0.4, -0.2) is 62.9 Å². The second kappa shape index (κ2) is 11.5. The first-order chi connectivity index (χ1) is 15.5. The van der Waals surface area contributed by atoms with E-state index in [9.17, 15) is 14.0 Å². The Morgan fingerprint density at radius 3 is 2.56 bits per heavy atom. The Bertz CT molecular complexity index is 955. The summed E-state index contributed by atoms with van der Waals surface area (Å²) in [5.74, 6) is -2.85. The van der Waals surface area contributed by atoms with Crippen LogP contribution in [0.4, 0.5) is 10.1 Å². The summed E-state index contributed by atoms with van der Waals surface area (Å²) in [5, 5.41) is 0. The van der Waals surface area contributed by atoms with Crippen LogP contribution < -0.4 is 4.74 Å². The second-order valence-corrected chi connectivity index (χ2v) is 7.27. The maximum Gasteiger partial charge on any atom is 0.322 e. The standard InChI is InChI=1S/C24H27FN2O5/c1-3-32-24(29)21(15-26-18-5-7-19(30-2)8-6-18)23(28)20-14-17(4-9-22(20)25)16-27-10-12-31-13-11-27/h4-9,14-15,21H,3,10-13,16H2,1-2H3. The number of ether oxygens (including phenoxy) is 3. The van der Waals surface area contributed by atoms with Crippen molar-refractivity contribution in [1.29, 1.82) is 0 Å². The van der Waals surface area contributed by atoms with E-state index in [0.29, 0.717) is 31.2 Å². The highest BCUT2D eigenvalue weighted by atomic mass is 19.1. The Morgan fingerprint density at radius 1 is 1.19 bits per heavy atom. The van der Waals surface area contributed by atoms with Crippen molar-refractivity contribution in [3.63, 3.8) is 0 Å². The lowest BCUT2D eigenvalue weighted by Gasteiger charge is -2.26. The zero-order chi connectivity index (χ0) is 22.9. The summed E-state index contributed by atoms with van der Waals surface area (Å²) in [7, 11) is 1.55. The number of nitrogens with zero attached hydrogens (tertiary/aromatic N) is 2. The smallest absolute Gasteiger partial charge is 0.322 e. The Kier molecular flexibility index (Phi) is 8.47.